The van der Waals surface area contributed by atoms with Gasteiger partial charge in [0.1, 0.15) is 11.3 Å². The van der Waals surface area contributed by atoms with Crippen molar-refractivity contribution < 1.29 is 33.4 Å². The van der Waals surface area contributed by atoms with Gasteiger partial charge in [0.05, 0.1) is 23.9 Å². The van der Waals surface area contributed by atoms with Gasteiger partial charge in [0.15, 0.2) is 18.1 Å². The van der Waals surface area contributed by atoms with Crippen molar-refractivity contribution in [3.63, 3.8) is 0 Å². The van der Waals surface area contributed by atoms with E-state index in [4.69, 9.17) is 14.2 Å². The second-order valence-electron chi connectivity index (χ2n) is 9.58. The average molecular weight is 715 g/mol. The van der Waals surface area contributed by atoms with Crippen molar-refractivity contribution in [2.45, 2.75) is 27.2 Å². The summed E-state index contributed by atoms with van der Waals surface area (Å²) in [6, 6.07) is 12.6. The van der Waals surface area contributed by atoms with E-state index < -0.39 is 23.8 Å². The summed E-state index contributed by atoms with van der Waals surface area (Å²) in [5.41, 5.74) is 2.93. The van der Waals surface area contributed by atoms with E-state index in [-0.39, 0.29) is 23.6 Å². The lowest BCUT2D eigenvalue weighted by molar-refractivity contribution is -0.122. The van der Waals surface area contributed by atoms with Gasteiger partial charge in [-0.25, -0.2) is 9.69 Å². The number of carbonyl (C=O) groups excluding carboxylic acids is 4. The Balaban J connectivity index is 1.62. The zero-order valence-corrected chi connectivity index (χ0v) is 27.1. The van der Waals surface area contributed by atoms with Gasteiger partial charge in [-0.3, -0.25) is 19.7 Å². The first-order valence-electron chi connectivity index (χ1n) is 13.2. The summed E-state index contributed by atoms with van der Waals surface area (Å²) in [7, 11) is 1.44. The molecule has 4 rings (SSSR count). The van der Waals surface area contributed by atoms with Crippen LogP contribution in [0.2, 0.25) is 0 Å². The third kappa shape index (κ3) is 7.44. The summed E-state index contributed by atoms with van der Waals surface area (Å²) >= 11 is 6.84. The molecule has 224 valence electrons. The predicted octanol–water partition coefficient (Wildman–Crippen LogP) is 6.31. The van der Waals surface area contributed by atoms with Crippen molar-refractivity contribution in [1.29, 1.82) is 0 Å². The number of imide groups is 2. The number of benzene rings is 3. The zero-order chi connectivity index (χ0) is 31.3. The molecule has 2 N–H and O–H groups in total. The summed E-state index contributed by atoms with van der Waals surface area (Å²) in [6.45, 7) is 6.00. The number of aryl methyl sites for hydroxylation is 2. The topological polar surface area (TPSA) is 123 Å². The van der Waals surface area contributed by atoms with Crippen LogP contribution in [0.4, 0.5) is 16.2 Å². The number of urea groups is 1. The van der Waals surface area contributed by atoms with Crippen LogP contribution in [0.25, 0.3) is 6.08 Å². The van der Waals surface area contributed by atoms with Gasteiger partial charge in [-0.05, 0) is 89.8 Å². The van der Waals surface area contributed by atoms with E-state index in [1.807, 2.05) is 32.9 Å². The summed E-state index contributed by atoms with van der Waals surface area (Å²) in [5, 5.41) is 5.00. The molecule has 10 nitrogen and oxygen atoms in total. The van der Waals surface area contributed by atoms with Crippen molar-refractivity contribution in [3.8, 4) is 17.2 Å². The molecule has 1 heterocycles. The molecule has 1 saturated heterocycles. The summed E-state index contributed by atoms with van der Waals surface area (Å²) < 4.78 is 18.0. The molecule has 0 radical (unpaired) electrons. The van der Waals surface area contributed by atoms with E-state index in [0.717, 1.165) is 22.4 Å². The fourth-order valence-corrected chi connectivity index (χ4v) is 5.54. The molecule has 0 saturated carbocycles. The van der Waals surface area contributed by atoms with Gasteiger partial charge < -0.3 is 19.5 Å². The van der Waals surface area contributed by atoms with Gasteiger partial charge in [0.25, 0.3) is 17.7 Å². The molecule has 3 aromatic rings. The first kappa shape index (κ1) is 31.8. The Kier molecular flexibility index (Phi) is 10.3. The number of barbiturate groups is 1. The molecule has 5 amide bonds. The SMILES string of the molecule is CCCOc1ccc(N2C(=O)NC(=O)/C(=C/c3cc(Br)cc(Br)c3OCC(=O)Nc3ccc(C)c(C)c3)C2=O)cc1OC. The van der Waals surface area contributed by atoms with Crippen molar-refractivity contribution in [1.82, 2.24) is 5.32 Å². The van der Waals surface area contributed by atoms with E-state index in [2.05, 4.69) is 42.5 Å². The highest BCUT2D eigenvalue weighted by Gasteiger charge is 2.37. The van der Waals surface area contributed by atoms with Crippen molar-refractivity contribution in [2.75, 3.05) is 30.5 Å². The highest BCUT2D eigenvalue weighted by Crippen LogP contribution is 2.36. The fourth-order valence-electron chi connectivity index (χ4n) is 4.17. The molecular weight excluding hydrogens is 686 g/mol. The minimum Gasteiger partial charge on any atom is -0.493 e. The molecule has 1 aliphatic heterocycles. The number of carbonyl (C=O) groups is 4. The smallest absolute Gasteiger partial charge is 0.335 e. The zero-order valence-electron chi connectivity index (χ0n) is 23.9. The number of anilines is 2. The average Bonchev–Trinajstić information content (AvgIpc) is 2.95. The molecule has 12 heteroatoms. The standard InChI is InChI=1S/C31H29Br2N3O7/c1-5-10-42-25-9-8-22(15-26(25)41-4)36-30(39)23(29(38)35-31(36)40)13-19-12-20(32)14-24(33)28(19)43-16-27(37)34-21-7-6-17(2)18(3)11-21/h6-9,11-15H,5,10,16H2,1-4H3,(H,34,37)(H,35,38,40)/b23-13-. The molecule has 0 unspecified atom stereocenters. The normalized spacial score (nSPS) is 14.0. The van der Waals surface area contributed by atoms with Gasteiger partial charge in [-0.1, -0.05) is 28.9 Å². The molecular formula is C31H29Br2N3O7. The lowest BCUT2D eigenvalue weighted by Crippen LogP contribution is -2.54. The van der Waals surface area contributed by atoms with Crippen LogP contribution in [0.5, 0.6) is 17.2 Å². The number of ether oxygens (including phenoxy) is 3. The van der Waals surface area contributed by atoms with Crippen LogP contribution in [-0.2, 0) is 14.4 Å². The number of halogens is 2. The largest absolute Gasteiger partial charge is 0.493 e. The van der Waals surface area contributed by atoms with Gasteiger partial charge in [-0.2, -0.15) is 0 Å². The Morgan fingerprint density at radius 3 is 2.44 bits per heavy atom. The first-order chi connectivity index (χ1) is 20.5. The minimum absolute atomic E-state index is 0.177. The third-order valence-electron chi connectivity index (χ3n) is 6.44. The number of nitrogens with zero attached hydrogens (tertiary/aromatic N) is 1. The molecule has 0 atom stereocenters. The van der Waals surface area contributed by atoms with E-state index in [0.29, 0.717) is 38.3 Å². The molecule has 0 spiro atoms. The number of nitrogens with one attached hydrogen (secondary N) is 2. The Morgan fingerprint density at radius 1 is 0.977 bits per heavy atom. The lowest BCUT2D eigenvalue weighted by atomic mass is 10.1. The second kappa shape index (κ2) is 13.9. The highest BCUT2D eigenvalue weighted by atomic mass is 79.9. The monoisotopic (exact) mass is 713 g/mol. The third-order valence-corrected chi connectivity index (χ3v) is 7.49. The molecule has 1 fully saturated rings. The van der Waals surface area contributed by atoms with Gasteiger partial charge in [0.2, 0.25) is 0 Å². The molecule has 3 aromatic carbocycles. The highest BCUT2D eigenvalue weighted by molar-refractivity contribution is 9.11. The fraction of sp³-hybridized carbons (Fsp3) is 0.226. The number of rotatable bonds is 10. The lowest BCUT2D eigenvalue weighted by Gasteiger charge is -2.27. The number of amides is 5. The maximum atomic E-state index is 13.6. The van der Waals surface area contributed by atoms with E-state index in [9.17, 15) is 19.2 Å². The Morgan fingerprint density at radius 2 is 1.74 bits per heavy atom. The maximum Gasteiger partial charge on any atom is 0.335 e. The number of hydrogen-bond acceptors (Lipinski definition) is 7. The predicted molar refractivity (Wildman–Crippen MR) is 170 cm³/mol. The molecule has 0 bridgehead atoms. The van der Waals surface area contributed by atoms with Gasteiger partial charge in [-0.15, -0.1) is 0 Å². The Bertz CT molecular complexity index is 1640. The second-order valence-corrected chi connectivity index (χ2v) is 11.4. The Labute approximate surface area is 265 Å². The molecule has 0 aromatic heterocycles. The summed E-state index contributed by atoms with van der Waals surface area (Å²) in [6.07, 6.45) is 2.09. The number of hydrogen-bond donors (Lipinski definition) is 2. The van der Waals surface area contributed by atoms with Crippen LogP contribution in [-0.4, -0.2) is 44.1 Å². The van der Waals surface area contributed by atoms with Gasteiger partial charge in [0, 0.05) is 21.8 Å². The quantitative estimate of drug-likeness (QED) is 0.186. The van der Waals surface area contributed by atoms with Crippen LogP contribution < -0.4 is 29.7 Å². The minimum atomic E-state index is -0.911. The summed E-state index contributed by atoms with van der Waals surface area (Å²) in [5.74, 6) is -1.15. The van der Waals surface area contributed by atoms with Crippen molar-refractivity contribution in [3.05, 3.63) is 79.7 Å². The van der Waals surface area contributed by atoms with Crippen LogP contribution in [0, 0.1) is 13.8 Å². The van der Waals surface area contributed by atoms with Gasteiger partial charge >= 0.3 is 6.03 Å². The van der Waals surface area contributed by atoms with Crippen LogP contribution in [0.3, 0.4) is 0 Å². The van der Waals surface area contributed by atoms with E-state index >= 15 is 0 Å². The van der Waals surface area contributed by atoms with Crippen LogP contribution in [0.15, 0.2) is 63.0 Å². The summed E-state index contributed by atoms with van der Waals surface area (Å²) in [4.78, 5) is 52.8. The van der Waals surface area contributed by atoms with Crippen LogP contribution >= 0.6 is 31.9 Å². The Hall–Kier alpha value is -4.16. The van der Waals surface area contributed by atoms with Crippen molar-refractivity contribution >= 4 is 73.1 Å². The number of methoxy groups -OCH3 is 1. The van der Waals surface area contributed by atoms with Crippen LogP contribution in [0.1, 0.15) is 30.0 Å². The van der Waals surface area contributed by atoms with Crippen molar-refractivity contribution in [2.24, 2.45) is 0 Å². The molecule has 43 heavy (non-hydrogen) atoms. The molecule has 0 aliphatic carbocycles. The van der Waals surface area contributed by atoms with E-state index in [1.165, 1.54) is 25.3 Å². The van der Waals surface area contributed by atoms with E-state index in [1.54, 1.807) is 24.3 Å². The molecule has 1 aliphatic rings. The first-order valence-corrected chi connectivity index (χ1v) is 14.8. The maximum absolute atomic E-state index is 13.6.